The number of carbonyl (C=O) groups excluding carboxylic acids is 1. The van der Waals surface area contributed by atoms with Crippen molar-refractivity contribution in [2.24, 2.45) is 5.73 Å². The van der Waals surface area contributed by atoms with Gasteiger partial charge < -0.3 is 20.9 Å². The van der Waals surface area contributed by atoms with E-state index in [-0.39, 0.29) is 5.82 Å². The van der Waals surface area contributed by atoms with Gasteiger partial charge in [0.15, 0.2) is 0 Å². The van der Waals surface area contributed by atoms with E-state index in [9.17, 15) is 4.79 Å². The van der Waals surface area contributed by atoms with Gasteiger partial charge in [-0.15, -0.1) is 0 Å². The molecule has 0 saturated carbocycles. The van der Waals surface area contributed by atoms with Crippen LogP contribution in [0.1, 0.15) is 10.6 Å². The molecule has 0 bridgehead atoms. The Morgan fingerprint density at radius 3 is 2.79 bits per heavy atom. The smallest absolute Gasteiger partial charge is 0.284 e. The third kappa shape index (κ3) is 2.46. The summed E-state index contributed by atoms with van der Waals surface area (Å²) in [6, 6.07) is 0. The Morgan fingerprint density at radius 2 is 2.29 bits per heavy atom. The van der Waals surface area contributed by atoms with Gasteiger partial charge in [0.2, 0.25) is 5.82 Å². The Balaban J connectivity index is 2.79. The van der Waals surface area contributed by atoms with Crippen LogP contribution in [0.3, 0.4) is 0 Å². The van der Waals surface area contributed by atoms with Crippen LogP contribution in [0.2, 0.25) is 0 Å². The third-order valence-electron chi connectivity index (χ3n) is 1.80. The Morgan fingerprint density at radius 1 is 1.64 bits per heavy atom. The summed E-state index contributed by atoms with van der Waals surface area (Å²) in [6.07, 6.45) is 1.61. The number of amides is 1. The highest BCUT2D eigenvalue weighted by molar-refractivity contribution is 5.89. The van der Waals surface area contributed by atoms with Crippen LogP contribution in [-0.2, 0) is 6.54 Å². The van der Waals surface area contributed by atoms with Crippen LogP contribution in [0, 0.1) is 0 Å². The first-order valence-corrected chi connectivity index (χ1v) is 4.28. The largest absolute Gasteiger partial charge is 0.382 e. The van der Waals surface area contributed by atoms with Crippen molar-refractivity contribution in [2.75, 3.05) is 26.4 Å². The summed E-state index contributed by atoms with van der Waals surface area (Å²) >= 11 is 0. The lowest BCUT2D eigenvalue weighted by atomic mass is 10.5. The monoisotopic (exact) mass is 197 g/mol. The van der Waals surface area contributed by atoms with E-state index in [0.717, 1.165) is 6.54 Å². The van der Waals surface area contributed by atoms with Gasteiger partial charge in [-0.25, -0.2) is 4.98 Å². The summed E-state index contributed by atoms with van der Waals surface area (Å²) in [5.41, 5.74) is 10.6. The van der Waals surface area contributed by atoms with Crippen molar-refractivity contribution in [3.05, 3.63) is 12.0 Å². The molecule has 0 atom stereocenters. The lowest BCUT2D eigenvalue weighted by Crippen LogP contribution is -2.23. The van der Waals surface area contributed by atoms with Gasteiger partial charge in [0.25, 0.3) is 5.91 Å². The van der Waals surface area contributed by atoms with E-state index < -0.39 is 5.91 Å². The minimum Gasteiger partial charge on any atom is -0.382 e. The molecule has 0 fully saturated rings. The van der Waals surface area contributed by atoms with Gasteiger partial charge in [-0.05, 0) is 14.1 Å². The molecule has 0 aliphatic rings. The summed E-state index contributed by atoms with van der Waals surface area (Å²) in [5.74, 6) is -0.0256. The minimum atomic E-state index is -0.555. The van der Waals surface area contributed by atoms with Gasteiger partial charge >= 0.3 is 0 Å². The standard InChI is InChI=1S/C8H15N5O/c1-12(2)3-4-13-5-6(9)11-8(13)7(10)14/h5H,3-4,9H2,1-2H3,(H2,10,14). The van der Waals surface area contributed by atoms with Crippen LogP contribution >= 0.6 is 0 Å². The van der Waals surface area contributed by atoms with Crippen molar-refractivity contribution in [1.82, 2.24) is 14.5 Å². The molecule has 1 aromatic heterocycles. The predicted octanol–water partition coefficient (Wildman–Crippen LogP) is -0.874. The van der Waals surface area contributed by atoms with Gasteiger partial charge in [0, 0.05) is 19.3 Å². The Labute approximate surface area is 82.5 Å². The third-order valence-corrected chi connectivity index (χ3v) is 1.80. The Kier molecular flexibility index (Phi) is 3.08. The molecule has 0 aromatic carbocycles. The molecule has 6 heteroatoms. The zero-order chi connectivity index (χ0) is 10.7. The van der Waals surface area contributed by atoms with Gasteiger partial charge in [0.1, 0.15) is 5.82 Å². The second kappa shape index (κ2) is 4.10. The molecule has 14 heavy (non-hydrogen) atoms. The lowest BCUT2D eigenvalue weighted by molar-refractivity contribution is 0.0985. The number of nitrogens with zero attached hydrogens (tertiary/aromatic N) is 3. The normalized spacial score (nSPS) is 10.8. The second-order valence-electron chi connectivity index (χ2n) is 3.35. The number of nitrogen functional groups attached to an aromatic ring is 1. The molecule has 0 unspecified atom stereocenters. The van der Waals surface area contributed by atoms with Crippen LogP contribution < -0.4 is 11.5 Å². The number of imidazole rings is 1. The van der Waals surface area contributed by atoms with E-state index >= 15 is 0 Å². The van der Waals surface area contributed by atoms with Crippen LogP contribution in [0.15, 0.2) is 6.20 Å². The second-order valence-corrected chi connectivity index (χ2v) is 3.35. The molecule has 6 nitrogen and oxygen atoms in total. The van der Waals surface area contributed by atoms with E-state index in [4.69, 9.17) is 11.5 Å². The molecular formula is C8H15N5O. The first-order valence-electron chi connectivity index (χ1n) is 4.28. The molecule has 1 aromatic rings. The quantitative estimate of drug-likeness (QED) is 0.656. The Hall–Kier alpha value is -1.56. The average Bonchev–Trinajstić information content (AvgIpc) is 2.43. The van der Waals surface area contributed by atoms with Crippen molar-refractivity contribution < 1.29 is 4.79 Å². The summed E-state index contributed by atoms with van der Waals surface area (Å²) in [5, 5.41) is 0. The SMILES string of the molecule is CN(C)CCn1cc(N)nc1C(N)=O. The Bertz CT molecular complexity index is 330. The maximum atomic E-state index is 10.9. The maximum Gasteiger partial charge on any atom is 0.284 e. The number of hydrogen-bond donors (Lipinski definition) is 2. The first-order chi connectivity index (χ1) is 6.50. The van der Waals surface area contributed by atoms with E-state index in [2.05, 4.69) is 4.98 Å². The van der Waals surface area contributed by atoms with Gasteiger partial charge in [-0.3, -0.25) is 4.79 Å². The van der Waals surface area contributed by atoms with E-state index in [1.807, 2.05) is 19.0 Å². The highest BCUT2D eigenvalue weighted by Crippen LogP contribution is 2.04. The van der Waals surface area contributed by atoms with Crippen molar-refractivity contribution >= 4 is 11.7 Å². The number of nitrogens with two attached hydrogens (primary N) is 2. The summed E-state index contributed by atoms with van der Waals surface area (Å²) in [4.78, 5) is 16.8. The number of aromatic nitrogens is 2. The van der Waals surface area contributed by atoms with E-state index in [0.29, 0.717) is 12.4 Å². The topological polar surface area (TPSA) is 90.2 Å². The van der Waals surface area contributed by atoms with Crippen LogP contribution in [-0.4, -0.2) is 41.0 Å². The molecular weight excluding hydrogens is 182 g/mol. The fourth-order valence-corrected chi connectivity index (χ4v) is 1.11. The highest BCUT2D eigenvalue weighted by Gasteiger charge is 2.10. The summed E-state index contributed by atoms with van der Waals surface area (Å²) in [6.45, 7) is 1.45. The van der Waals surface area contributed by atoms with Gasteiger partial charge in [0.05, 0.1) is 0 Å². The number of primary amides is 1. The molecule has 0 aliphatic carbocycles. The predicted molar refractivity (Wildman–Crippen MR) is 53.7 cm³/mol. The molecule has 1 amide bonds. The lowest BCUT2D eigenvalue weighted by Gasteiger charge is -2.10. The van der Waals surface area contributed by atoms with Gasteiger partial charge in [-0.1, -0.05) is 0 Å². The van der Waals surface area contributed by atoms with Crippen molar-refractivity contribution in [2.45, 2.75) is 6.54 Å². The molecule has 0 saturated heterocycles. The zero-order valence-electron chi connectivity index (χ0n) is 8.40. The van der Waals surface area contributed by atoms with Crippen LogP contribution in [0.4, 0.5) is 5.82 Å². The van der Waals surface area contributed by atoms with Crippen molar-refractivity contribution in [1.29, 1.82) is 0 Å². The minimum absolute atomic E-state index is 0.212. The summed E-state index contributed by atoms with van der Waals surface area (Å²) in [7, 11) is 3.90. The van der Waals surface area contributed by atoms with Crippen LogP contribution in [0.25, 0.3) is 0 Å². The van der Waals surface area contributed by atoms with Crippen molar-refractivity contribution in [3.8, 4) is 0 Å². The van der Waals surface area contributed by atoms with E-state index in [1.54, 1.807) is 10.8 Å². The number of rotatable bonds is 4. The molecule has 4 N–H and O–H groups in total. The first kappa shape index (κ1) is 10.5. The molecule has 1 heterocycles. The average molecular weight is 197 g/mol. The van der Waals surface area contributed by atoms with Crippen LogP contribution in [0.5, 0.6) is 0 Å². The van der Waals surface area contributed by atoms with E-state index in [1.165, 1.54) is 0 Å². The van der Waals surface area contributed by atoms with Gasteiger partial charge in [-0.2, -0.15) is 0 Å². The molecule has 1 rings (SSSR count). The number of hydrogen-bond acceptors (Lipinski definition) is 4. The fraction of sp³-hybridized carbons (Fsp3) is 0.500. The maximum absolute atomic E-state index is 10.9. The number of anilines is 1. The fourth-order valence-electron chi connectivity index (χ4n) is 1.11. The highest BCUT2D eigenvalue weighted by atomic mass is 16.1. The number of carbonyl (C=O) groups is 1. The molecule has 0 aliphatic heterocycles. The van der Waals surface area contributed by atoms with Crippen molar-refractivity contribution in [3.63, 3.8) is 0 Å². The molecule has 0 spiro atoms. The number of likely N-dealkylation sites (N-methyl/N-ethyl adjacent to an activating group) is 1. The molecule has 78 valence electrons. The summed E-state index contributed by atoms with van der Waals surface area (Å²) < 4.78 is 1.66. The zero-order valence-corrected chi connectivity index (χ0v) is 8.40. The molecule has 0 radical (unpaired) electrons.